The molecule has 0 spiro atoms. The normalized spacial score (nSPS) is 39.7. The van der Waals surface area contributed by atoms with Crippen LogP contribution in [-0.4, -0.2) is 24.1 Å². The Hall–Kier alpha value is -1.09. The number of aliphatic hydroxyl groups is 1. The third-order valence-corrected chi connectivity index (χ3v) is 3.66. The summed E-state index contributed by atoms with van der Waals surface area (Å²) in [6.07, 6.45) is 6.29. The average Bonchev–Trinajstić information content (AvgIpc) is 2.24. The van der Waals surface area contributed by atoms with Crippen molar-refractivity contribution in [1.29, 1.82) is 0 Å². The van der Waals surface area contributed by atoms with E-state index in [9.17, 15) is 9.90 Å². The molecule has 3 nitrogen and oxygen atoms in total. The molecule has 0 aliphatic heterocycles. The number of ketones is 1. The Morgan fingerprint density at radius 2 is 2.27 bits per heavy atom. The minimum absolute atomic E-state index is 0.0463. The summed E-state index contributed by atoms with van der Waals surface area (Å²) in [5.41, 5.74) is -0.448. The SMILES string of the molecule is COC1=CC(=O)C2(C)CC=CCC2C1O. The van der Waals surface area contributed by atoms with Crippen molar-refractivity contribution in [2.75, 3.05) is 7.11 Å². The summed E-state index contributed by atoms with van der Waals surface area (Å²) in [5.74, 6) is 0.423. The summed E-state index contributed by atoms with van der Waals surface area (Å²) in [6.45, 7) is 1.93. The summed E-state index contributed by atoms with van der Waals surface area (Å²) in [6, 6.07) is 0. The monoisotopic (exact) mass is 208 g/mol. The Kier molecular flexibility index (Phi) is 2.43. The molecule has 0 saturated carbocycles. The molecule has 0 heterocycles. The van der Waals surface area contributed by atoms with Gasteiger partial charge in [0.2, 0.25) is 0 Å². The van der Waals surface area contributed by atoms with Crippen molar-refractivity contribution in [3.63, 3.8) is 0 Å². The smallest absolute Gasteiger partial charge is 0.165 e. The number of aliphatic hydroxyl groups excluding tert-OH is 1. The lowest BCUT2D eigenvalue weighted by Crippen LogP contribution is -2.47. The summed E-state index contributed by atoms with van der Waals surface area (Å²) >= 11 is 0. The summed E-state index contributed by atoms with van der Waals surface area (Å²) in [7, 11) is 1.49. The number of carbonyl (C=O) groups is 1. The first kappa shape index (κ1) is 10.4. The summed E-state index contributed by atoms with van der Waals surface area (Å²) in [5, 5.41) is 10.1. The van der Waals surface area contributed by atoms with E-state index in [1.807, 2.05) is 19.1 Å². The van der Waals surface area contributed by atoms with Gasteiger partial charge in [-0.1, -0.05) is 19.1 Å². The molecular formula is C12H16O3. The molecule has 3 heteroatoms. The standard InChI is InChI=1S/C12H16O3/c1-12-6-4-3-5-8(12)11(14)9(15-2)7-10(12)13/h3-4,7-8,11,14H,5-6H2,1-2H3. The zero-order chi connectivity index (χ0) is 11.1. The van der Waals surface area contributed by atoms with Gasteiger partial charge in [0.1, 0.15) is 11.9 Å². The van der Waals surface area contributed by atoms with Crippen molar-refractivity contribution < 1.29 is 14.6 Å². The van der Waals surface area contributed by atoms with Crippen LogP contribution in [0, 0.1) is 11.3 Å². The third kappa shape index (κ3) is 1.42. The fourth-order valence-electron chi connectivity index (χ4n) is 2.50. The zero-order valence-corrected chi connectivity index (χ0v) is 9.06. The lowest BCUT2D eigenvalue weighted by atomic mass is 9.62. The third-order valence-electron chi connectivity index (χ3n) is 3.66. The second-order valence-electron chi connectivity index (χ2n) is 4.50. The second kappa shape index (κ2) is 3.49. The van der Waals surface area contributed by atoms with Crippen LogP contribution in [0.15, 0.2) is 24.0 Å². The maximum absolute atomic E-state index is 12.0. The van der Waals surface area contributed by atoms with Gasteiger partial charge in [-0.25, -0.2) is 0 Å². The van der Waals surface area contributed by atoms with Gasteiger partial charge in [-0.15, -0.1) is 0 Å². The van der Waals surface area contributed by atoms with Crippen LogP contribution in [-0.2, 0) is 9.53 Å². The van der Waals surface area contributed by atoms with Crippen molar-refractivity contribution in [2.45, 2.75) is 25.9 Å². The van der Waals surface area contributed by atoms with Crippen LogP contribution in [0.3, 0.4) is 0 Å². The quantitative estimate of drug-likeness (QED) is 0.663. The molecule has 3 unspecified atom stereocenters. The minimum Gasteiger partial charge on any atom is -0.498 e. The zero-order valence-electron chi connectivity index (χ0n) is 9.06. The molecule has 0 fully saturated rings. The van der Waals surface area contributed by atoms with Gasteiger partial charge in [-0.3, -0.25) is 4.79 Å². The number of allylic oxidation sites excluding steroid dienone is 3. The number of hydrogen-bond acceptors (Lipinski definition) is 3. The van der Waals surface area contributed by atoms with Gasteiger partial charge in [0.05, 0.1) is 7.11 Å². The van der Waals surface area contributed by atoms with Crippen LogP contribution in [0.1, 0.15) is 19.8 Å². The first-order valence-electron chi connectivity index (χ1n) is 5.22. The Morgan fingerprint density at radius 3 is 2.93 bits per heavy atom. The van der Waals surface area contributed by atoms with Crippen molar-refractivity contribution in [2.24, 2.45) is 11.3 Å². The van der Waals surface area contributed by atoms with Gasteiger partial charge in [0.25, 0.3) is 0 Å². The lowest BCUT2D eigenvalue weighted by molar-refractivity contribution is -0.131. The van der Waals surface area contributed by atoms with Crippen molar-refractivity contribution >= 4 is 5.78 Å². The van der Waals surface area contributed by atoms with Gasteiger partial charge in [-0.2, -0.15) is 0 Å². The van der Waals surface area contributed by atoms with Crippen LogP contribution < -0.4 is 0 Å². The highest BCUT2D eigenvalue weighted by Gasteiger charge is 2.48. The number of ether oxygens (including phenoxy) is 1. The van der Waals surface area contributed by atoms with Gasteiger partial charge < -0.3 is 9.84 Å². The highest BCUT2D eigenvalue weighted by molar-refractivity contribution is 5.96. The second-order valence-corrected chi connectivity index (χ2v) is 4.50. The predicted octanol–water partition coefficient (Wildman–Crippen LogP) is 1.43. The first-order chi connectivity index (χ1) is 7.09. The van der Waals surface area contributed by atoms with Gasteiger partial charge >= 0.3 is 0 Å². The van der Waals surface area contributed by atoms with Gasteiger partial charge in [0.15, 0.2) is 5.78 Å². The predicted molar refractivity (Wildman–Crippen MR) is 56.1 cm³/mol. The van der Waals surface area contributed by atoms with E-state index in [1.165, 1.54) is 13.2 Å². The van der Waals surface area contributed by atoms with E-state index in [4.69, 9.17) is 4.74 Å². The molecule has 1 N–H and O–H groups in total. The van der Waals surface area contributed by atoms with Crippen LogP contribution in [0.25, 0.3) is 0 Å². The van der Waals surface area contributed by atoms with E-state index < -0.39 is 11.5 Å². The molecule has 0 amide bonds. The maximum atomic E-state index is 12.0. The molecule has 0 radical (unpaired) electrons. The van der Waals surface area contributed by atoms with E-state index in [0.29, 0.717) is 12.2 Å². The summed E-state index contributed by atoms with van der Waals surface area (Å²) < 4.78 is 5.03. The molecule has 0 saturated heterocycles. The largest absolute Gasteiger partial charge is 0.498 e. The molecule has 2 aliphatic rings. The van der Waals surface area contributed by atoms with Crippen molar-refractivity contribution in [3.8, 4) is 0 Å². The van der Waals surface area contributed by atoms with Gasteiger partial charge in [-0.05, 0) is 12.8 Å². The molecule has 82 valence electrons. The number of fused-ring (bicyclic) bond motifs is 1. The van der Waals surface area contributed by atoms with E-state index >= 15 is 0 Å². The van der Waals surface area contributed by atoms with E-state index in [0.717, 1.165) is 6.42 Å². The Bertz CT molecular complexity index is 343. The fraction of sp³-hybridized carbons (Fsp3) is 0.583. The maximum Gasteiger partial charge on any atom is 0.165 e. The average molecular weight is 208 g/mol. The summed E-state index contributed by atoms with van der Waals surface area (Å²) in [4.78, 5) is 12.0. The molecule has 0 aromatic carbocycles. The number of methoxy groups -OCH3 is 1. The highest BCUT2D eigenvalue weighted by Crippen LogP contribution is 2.45. The Labute approximate surface area is 89.4 Å². The molecule has 0 aromatic heterocycles. The molecule has 0 aromatic rings. The minimum atomic E-state index is -0.650. The van der Waals surface area contributed by atoms with E-state index in [-0.39, 0.29) is 11.7 Å². The highest BCUT2D eigenvalue weighted by atomic mass is 16.5. The molecule has 0 bridgehead atoms. The Balaban J connectivity index is 2.41. The van der Waals surface area contributed by atoms with Crippen LogP contribution in [0.5, 0.6) is 0 Å². The number of carbonyl (C=O) groups excluding carboxylic acids is 1. The van der Waals surface area contributed by atoms with E-state index in [1.54, 1.807) is 0 Å². The first-order valence-corrected chi connectivity index (χ1v) is 5.22. The van der Waals surface area contributed by atoms with Crippen molar-refractivity contribution in [3.05, 3.63) is 24.0 Å². The van der Waals surface area contributed by atoms with E-state index in [2.05, 4.69) is 0 Å². The molecule has 2 rings (SSSR count). The fourth-order valence-corrected chi connectivity index (χ4v) is 2.50. The lowest BCUT2D eigenvalue weighted by Gasteiger charge is -2.42. The van der Waals surface area contributed by atoms with Crippen LogP contribution in [0.2, 0.25) is 0 Å². The molecule has 15 heavy (non-hydrogen) atoms. The molecular weight excluding hydrogens is 192 g/mol. The van der Waals surface area contributed by atoms with Crippen LogP contribution in [0.4, 0.5) is 0 Å². The topological polar surface area (TPSA) is 46.5 Å². The Morgan fingerprint density at radius 1 is 1.53 bits per heavy atom. The number of hydrogen-bond donors (Lipinski definition) is 1. The number of rotatable bonds is 1. The van der Waals surface area contributed by atoms with Gasteiger partial charge in [0, 0.05) is 17.4 Å². The van der Waals surface area contributed by atoms with Crippen molar-refractivity contribution in [1.82, 2.24) is 0 Å². The van der Waals surface area contributed by atoms with Crippen LogP contribution >= 0.6 is 0 Å². The molecule has 2 aliphatic carbocycles. The molecule has 3 atom stereocenters.